The van der Waals surface area contributed by atoms with Gasteiger partial charge in [-0.3, -0.25) is 0 Å². The number of ether oxygens (including phenoxy) is 1. The van der Waals surface area contributed by atoms with Gasteiger partial charge >= 0.3 is 0 Å². The molecular formula is C15H27NO. The molecule has 0 bridgehead atoms. The van der Waals surface area contributed by atoms with Crippen molar-refractivity contribution >= 4 is 0 Å². The van der Waals surface area contributed by atoms with Gasteiger partial charge in [0.05, 0.1) is 5.60 Å². The third-order valence-electron chi connectivity index (χ3n) is 5.53. The third-order valence-corrected chi connectivity index (χ3v) is 5.53. The van der Waals surface area contributed by atoms with Crippen LogP contribution in [0.2, 0.25) is 0 Å². The van der Waals surface area contributed by atoms with Gasteiger partial charge in [0.1, 0.15) is 0 Å². The molecule has 3 fully saturated rings. The minimum Gasteiger partial charge on any atom is -0.375 e. The van der Waals surface area contributed by atoms with Gasteiger partial charge in [0.15, 0.2) is 0 Å². The molecule has 0 aromatic carbocycles. The van der Waals surface area contributed by atoms with Gasteiger partial charge in [0, 0.05) is 12.6 Å². The maximum Gasteiger partial charge on any atom is 0.0685 e. The molecule has 0 radical (unpaired) electrons. The molecule has 1 saturated heterocycles. The van der Waals surface area contributed by atoms with Crippen LogP contribution in [0.1, 0.15) is 64.2 Å². The molecule has 2 saturated carbocycles. The second-order valence-electron chi connectivity index (χ2n) is 6.61. The lowest BCUT2D eigenvalue weighted by Crippen LogP contribution is -2.49. The molecule has 2 heteroatoms. The van der Waals surface area contributed by atoms with Crippen molar-refractivity contribution in [3.63, 3.8) is 0 Å². The van der Waals surface area contributed by atoms with E-state index >= 15 is 0 Å². The monoisotopic (exact) mass is 237 g/mol. The molecule has 2 atom stereocenters. The van der Waals surface area contributed by atoms with Crippen LogP contribution in [0.4, 0.5) is 0 Å². The van der Waals surface area contributed by atoms with Gasteiger partial charge in [-0.05, 0) is 50.4 Å². The molecule has 3 rings (SSSR count). The van der Waals surface area contributed by atoms with Crippen LogP contribution in [-0.4, -0.2) is 18.2 Å². The van der Waals surface area contributed by atoms with Crippen molar-refractivity contribution in [3.8, 4) is 0 Å². The summed E-state index contributed by atoms with van der Waals surface area (Å²) in [4.78, 5) is 0. The Balaban J connectivity index is 1.61. The highest BCUT2D eigenvalue weighted by Crippen LogP contribution is 2.43. The minimum atomic E-state index is 0.239. The maximum atomic E-state index is 6.49. The van der Waals surface area contributed by atoms with E-state index in [1.165, 1.54) is 64.2 Å². The molecule has 0 aromatic rings. The van der Waals surface area contributed by atoms with Crippen LogP contribution in [0.25, 0.3) is 0 Å². The van der Waals surface area contributed by atoms with Crippen molar-refractivity contribution in [1.82, 2.24) is 0 Å². The van der Waals surface area contributed by atoms with Crippen LogP contribution in [-0.2, 0) is 4.74 Å². The minimum absolute atomic E-state index is 0.239. The van der Waals surface area contributed by atoms with Crippen LogP contribution in [0.5, 0.6) is 0 Å². The van der Waals surface area contributed by atoms with Gasteiger partial charge in [-0.2, -0.15) is 0 Å². The van der Waals surface area contributed by atoms with E-state index in [0.29, 0.717) is 6.04 Å². The van der Waals surface area contributed by atoms with Gasteiger partial charge in [-0.15, -0.1) is 0 Å². The van der Waals surface area contributed by atoms with Gasteiger partial charge in [-0.25, -0.2) is 0 Å². The quantitative estimate of drug-likeness (QED) is 0.800. The van der Waals surface area contributed by atoms with Crippen LogP contribution < -0.4 is 5.73 Å². The Morgan fingerprint density at radius 2 is 1.71 bits per heavy atom. The first-order valence-electron chi connectivity index (χ1n) is 7.69. The summed E-state index contributed by atoms with van der Waals surface area (Å²) in [6, 6.07) is 0.464. The summed E-state index contributed by atoms with van der Waals surface area (Å²) >= 11 is 0. The average Bonchev–Trinajstić information content (AvgIpc) is 2.28. The van der Waals surface area contributed by atoms with E-state index < -0.39 is 0 Å². The van der Waals surface area contributed by atoms with E-state index in [1.54, 1.807) is 0 Å². The Hall–Kier alpha value is -0.0800. The first kappa shape index (κ1) is 12.0. The summed E-state index contributed by atoms with van der Waals surface area (Å²) in [5, 5.41) is 0. The number of rotatable bonds is 2. The van der Waals surface area contributed by atoms with Crippen LogP contribution in [0, 0.1) is 11.8 Å². The summed E-state index contributed by atoms with van der Waals surface area (Å²) in [6.45, 7) is 0.963. The SMILES string of the molecule is NC(C1CCC1)C1CCOC2(CCCCC2)C1. The molecule has 3 aliphatic rings. The molecule has 2 unspecified atom stereocenters. The first-order valence-corrected chi connectivity index (χ1v) is 7.69. The van der Waals surface area contributed by atoms with Crippen molar-refractivity contribution in [3.05, 3.63) is 0 Å². The second kappa shape index (κ2) is 4.89. The fourth-order valence-electron chi connectivity index (χ4n) is 4.15. The average molecular weight is 237 g/mol. The van der Waals surface area contributed by atoms with E-state index in [9.17, 15) is 0 Å². The van der Waals surface area contributed by atoms with Crippen molar-refractivity contribution in [2.75, 3.05) is 6.61 Å². The van der Waals surface area contributed by atoms with Crippen LogP contribution in [0.3, 0.4) is 0 Å². The largest absolute Gasteiger partial charge is 0.375 e. The predicted molar refractivity (Wildman–Crippen MR) is 69.8 cm³/mol. The van der Waals surface area contributed by atoms with E-state index in [-0.39, 0.29) is 5.60 Å². The number of hydrogen-bond donors (Lipinski definition) is 1. The van der Waals surface area contributed by atoms with Crippen LogP contribution >= 0.6 is 0 Å². The fourth-order valence-corrected chi connectivity index (χ4v) is 4.15. The molecule has 1 aliphatic heterocycles. The normalized spacial score (nSPS) is 35.5. The first-order chi connectivity index (χ1) is 8.29. The van der Waals surface area contributed by atoms with Gasteiger partial charge in [0.2, 0.25) is 0 Å². The molecule has 98 valence electrons. The Kier molecular flexibility index (Phi) is 3.45. The zero-order valence-electron chi connectivity index (χ0n) is 11.0. The fraction of sp³-hybridized carbons (Fsp3) is 1.00. The van der Waals surface area contributed by atoms with Crippen molar-refractivity contribution in [1.29, 1.82) is 0 Å². The highest BCUT2D eigenvalue weighted by molar-refractivity contribution is 4.95. The summed E-state index contributed by atoms with van der Waals surface area (Å²) < 4.78 is 6.16. The molecule has 2 aliphatic carbocycles. The Bertz CT molecular complexity index is 250. The molecule has 17 heavy (non-hydrogen) atoms. The van der Waals surface area contributed by atoms with Gasteiger partial charge in [0.25, 0.3) is 0 Å². The summed E-state index contributed by atoms with van der Waals surface area (Å²) in [5.41, 5.74) is 6.73. The Morgan fingerprint density at radius 3 is 2.35 bits per heavy atom. The number of nitrogens with two attached hydrogens (primary N) is 1. The van der Waals surface area contributed by atoms with E-state index in [0.717, 1.165) is 18.4 Å². The lowest BCUT2D eigenvalue weighted by atomic mass is 9.68. The predicted octanol–water partition coefficient (Wildman–Crippen LogP) is 3.24. The maximum absolute atomic E-state index is 6.49. The molecule has 0 amide bonds. The lowest BCUT2D eigenvalue weighted by molar-refractivity contribution is -0.123. The molecule has 0 aromatic heterocycles. The summed E-state index contributed by atoms with van der Waals surface area (Å²) in [6.07, 6.45) is 13.4. The van der Waals surface area contributed by atoms with Crippen molar-refractivity contribution in [2.45, 2.75) is 75.9 Å². The highest BCUT2D eigenvalue weighted by Gasteiger charge is 2.42. The summed E-state index contributed by atoms with van der Waals surface area (Å²) in [7, 11) is 0. The molecule has 1 heterocycles. The van der Waals surface area contributed by atoms with Gasteiger partial charge < -0.3 is 10.5 Å². The van der Waals surface area contributed by atoms with E-state index in [2.05, 4.69) is 0 Å². The zero-order chi connectivity index (χ0) is 11.7. The molecule has 1 spiro atoms. The van der Waals surface area contributed by atoms with Crippen LogP contribution in [0.15, 0.2) is 0 Å². The zero-order valence-corrected chi connectivity index (χ0v) is 11.0. The second-order valence-corrected chi connectivity index (χ2v) is 6.61. The molecule has 2 N–H and O–H groups in total. The molecular weight excluding hydrogens is 210 g/mol. The van der Waals surface area contributed by atoms with Gasteiger partial charge in [-0.1, -0.05) is 25.7 Å². The topological polar surface area (TPSA) is 35.2 Å². The Labute approximate surface area is 105 Å². The third kappa shape index (κ3) is 2.39. The smallest absolute Gasteiger partial charge is 0.0685 e. The van der Waals surface area contributed by atoms with Crippen molar-refractivity contribution < 1.29 is 4.74 Å². The summed E-state index contributed by atoms with van der Waals surface area (Å²) in [5.74, 6) is 1.57. The van der Waals surface area contributed by atoms with Crippen molar-refractivity contribution in [2.24, 2.45) is 17.6 Å². The Morgan fingerprint density at radius 1 is 0.941 bits per heavy atom. The standard InChI is InChI=1S/C15H27NO/c16-14(12-5-4-6-12)13-7-10-17-15(11-13)8-2-1-3-9-15/h12-14H,1-11,16H2. The lowest BCUT2D eigenvalue weighted by Gasteiger charge is -2.47. The van der Waals surface area contributed by atoms with E-state index in [1.807, 2.05) is 0 Å². The highest BCUT2D eigenvalue weighted by atomic mass is 16.5. The van der Waals surface area contributed by atoms with E-state index in [4.69, 9.17) is 10.5 Å². The number of hydrogen-bond acceptors (Lipinski definition) is 2. The molecule has 2 nitrogen and oxygen atoms in total.